The Balaban J connectivity index is 2.52. The maximum absolute atomic E-state index is 13.2. The maximum Gasteiger partial charge on any atom is 0.200 e. The van der Waals surface area contributed by atoms with E-state index in [0.29, 0.717) is 0 Å². The highest BCUT2D eigenvalue weighted by molar-refractivity contribution is 5.64. The van der Waals surface area contributed by atoms with Crippen molar-refractivity contribution in [3.8, 4) is 0 Å². The van der Waals surface area contributed by atoms with Gasteiger partial charge in [-0.3, -0.25) is 0 Å². The third kappa shape index (κ3) is 1.99. The van der Waals surface area contributed by atoms with Crippen LogP contribution in [0.4, 0.5) is 33.5 Å². The fraction of sp³-hybridized carbons (Fsp3) is 0. The van der Waals surface area contributed by atoms with Crippen LogP contribution in [0.25, 0.3) is 5.32 Å². The number of benzene rings is 1. The Bertz CT molecular complexity index is 557. The predicted molar refractivity (Wildman–Crippen MR) is 53.1 cm³/mol. The van der Waals surface area contributed by atoms with Gasteiger partial charge in [0.05, 0.1) is 0 Å². The monoisotopic (exact) mass is 259 g/mol. The van der Waals surface area contributed by atoms with E-state index in [-0.39, 0.29) is 5.82 Å². The number of hydrogen-bond donors (Lipinski definition) is 0. The first-order valence-corrected chi connectivity index (χ1v) is 4.66. The molecule has 0 atom stereocenters. The van der Waals surface area contributed by atoms with Gasteiger partial charge in [0.15, 0.2) is 23.3 Å². The van der Waals surface area contributed by atoms with E-state index in [1.54, 1.807) is 0 Å². The van der Waals surface area contributed by atoms with Crippen molar-refractivity contribution in [2.45, 2.75) is 0 Å². The molecule has 2 aromatic rings. The van der Waals surface area contributed by atoms with Crippen molar-refractivity contribution in [1.82, 2.24) is 4.98 Å². The first kappa shape index (κ1) is 12.3. The van der Waals surface area contributed by atoms with Crippen molar-refractivity contribution in [3.05, 3.63) is 58.8 Å². The Hall–Kier alpha value is -2.18. The summed E-state index contributed by atoms with van der Waals surface area (Å²) in [5.41, 5.74) is -1.26. The summed E-state index contributed by atoms with van der Waals surface area (Å²) < 4.78 is 65.0. The van der Waals surface area contributed by atoms with Crippen LogP contribution >= 0.6 is 0 Å². The summed E-state index contributed by atoms with van der Waals surface area (Å²) in [4.78, 5) is 3.60. The van der Waals surface area contributed by atoms with E-state index in [1.165, 1.54) is 24.4 Å². The summed E-state index contributed by atoms with van der Waals surface area (Å²) in [5, 5.41) is 3.30. The first-order valence-electron chi connectivity index (χ1n) is 4.66. The number of nitrogens with zero attached hydrogens (tertiary/aromatic N) is 2. The zero-order valence-corrected chi connectivity index (χ0v) is 8.59. The van der Waals surface area contributed by atoms with Crippen molar-refractivity contribution < 1.29 is 22.0 Å². The molecule has 1 aromatic carbocycles. The summed E-state index contributed by atoms with van der Waals surface area (Å²) >= 11 is 0. The summed E-state index contributed by atoms with van der Waals surface area (Å²) in [7, 11) is 0. The van der Waals surface area contributed by atoms with E-state index < -0.39 is 34.8 Å². The molecule has 0 unspecified atom stereocenters. The second-order valence-electron chi connectivity index (χ2n) is 3.22. The summed E-state index contributed by atoms with van der Waals surface area (Å²) in [5.74, 6) is -10.4. The Morgan fingerprint density at radius 2 is 1.33 bits per heavy atom. The van der Waals surface area contributed by atoms with Crippen LogP contribution in [0, 0.1) is 29.1 Å². The number of rotatable bonds is 2. The lowest BCUT2D eigenvalue weighted by atomic mass is 10.2. The molecule has 0 fully saturated rings. The molecule has 94 valence electrons. The van der Waals surface area contributed by atoms with E-state index in [0.717, 1.165) is 0 Å². The topological polar surface area (TPSA) is 27.0 Å². The molecule has 0 saturated heterocycles. The van der Waals surface area contributed by atoms with Crippen LogP contribution in [0.1, 0.15) is 0 Å². The molecular formula is C11H4F5N2-. The van der Waals surface area contributed by atoms with Crippen LogP contribution in [0.5, 0.6) is 0 Å². The van der Waals surface area contributed by atoms with Gasteiger partial charge in [0.25, 0.3) is 0 Å². The average Bonchev–Trinajstić information content (AvgIpc) is 2.40. The molecule has 2 rings (SSSR count). The van der Waals surface area contributed by atoms with Gasteiger partial charge < -0.3 is 10.3 Å². The van der Waals surface area contributed by atoms with Crippen LogP contribution in [0.15, 0.2) is 24.4 Å². The van der Waals surface area contributed by atoms with Crippen molar-refractivity contribution in [3.63, 3.8) is 0 Å². The van der Waals surface area contributed by atoms with Crippen LogP contribution in [0.2, 0.25) is 0 Å². The average molecular weight is 259 g/mol. The van der Waals surface area contributed by atoms with Crippen LogP contribution < -0.4 is 0 Å². The SMILES string of the molecule is Fc1c(F)c(F)c([N-]c2ccccn2)c(F)c1F. The van der Waals surface area contributed by atoms with Gasteiger partial charge in [-0.05, 0) is 0 Å². The van der Waals surface area contributed by atoms with E-state index in [9.17, 15) is 22.0 Å². The van der Waals surface area contributed by atoms with Crippen LogP contribution in [-0.2, 0) is 0 Å². The van der Waals surface area contributed by atoms with E-state index in [4.69, 9.17) is 0 Å². The lowest BCUT2D eigenvalue weighted by Crippen LogP contribution is -2.01. The molecule has 18 heavy (non-hydrogen) atoms. The summed E-state index contributed by atoms with van der Waals surface area (Å²) in [6.45, 7) is 0. The number of halogens is 5. The van der Waals surface area contributed by atoms with Gasteiger partial charge in [0.1, 0.15) is 0 Å². The maximum atomic E-state index is 13.2. The Labute approximate surface area is 98.1 Å². The molecule has 0 bridgehead atoms. The standard InChI is InChI=1S/C11H4F5N2/c12-6-7(13)9(15)11(10(16)8(6)14)18-5-3-1-2-4-17-5/h1-4H/q-1. The molecule has 0 aliphatic carbocycles. The molecule has 0 spiro atoms. The molecule has 1 aromatic heterocycles. The Morgan fingerprint density at radius 3 is 1.83 bits per heavy atom. The van der Waals surface area contributed by atoms with Crippen LogP contribution in [-0.4, -0.2) is 4.98 Å². The molecule has 1 heterocycles. The molecule has 2 nitrogen and oxygen atoms in total. The lowest BCUT2D eigenvalue weighted by molar-refractivity contribution is 0.382. The molecule has 0 amide bonds. The molecule has 0 aliphatic heterocycles. The molecular weight excluding hydrogens is 255 g/mol. The third-order valence-electron chi connectivity index (χ3n) is 2.06. The fourth-order valence-corrected chi connectivity index (χ4v) is 1.23. The minimum absolute atomic E-state index is 0.166. The highest BCUT2D eigenvalue weighted by Gasteiger charge is 2.23. The van der Waals surface area contributed by atoms with Gasteiger partial charge in [-0.2, -0.15) is 0 Å². The Kier molecular flexibility index (Phi) is 3.14. The zero-order chi connectivity index (χ0) is 13.3. The third-order valence-corrected chi connectivity index (χ3v) is 2.06. The predicted octanol–water partition coefficient (Wildman–Crippen LogP) is 4.11. The minimum atomic E-state index is -2.22. The van der Waals surface area contributed by atoms with Crippen LogP contribution in [0.3, 0.4) is 0 Å². The fourth-order valence-electron chi connectivity index (χ4n) is 1.23. The number of aromatic nitrogens is 1. The molecule has 0 radical (unpaired) electrons. The first-order chi connectivity index (χ1) is 8.52. The van der Waals surface area contributed by atoms with Crippen molar-refractivity contribution in [1.29, 1.82) is 0 Å². The highest BCUT2D eigenvalue weighted by Crippen LogP contribution is 2.36. The van der Waals surface area contributed by atoms with Crippen molar-refractivity contribution in [2.24, 2.45) is 0 Å². The number of hydrogen-bond acceptors (Lipinski definition) is 1. The van der Waals surface area contributed by atoms with Gasteiger partial charge in [0.2, 0.25) is 5.82 Å². The second-order valence-corrected chi connectivity index (χ2v) is 3.22. The molecule has 0 N–H and O–H groups in total. The number of pyridine rings is 1. The normalized spacial score (nSPS) is 10.5. The second kappa shape index (κ2) is 4.59. The highest BCUT2D eigenvalue weighted by atomic mass is 19.2. The lowest BCUT2D eigenvalue weighted by Gasteiger charge is -2.17. The van der Waals surface area contributed by atoms with E-state index in [1.807, 2.05) is 0 Å². The smallest absolute Gasteiger partial charge is 0.200 e. The van der Waals surface area contributed by atoms with E-state index >= 15 is 0 Å². The van der Waals surface area contributed by atoms with Crippen molar-refractivity contribution >= 4 is 11.5 Å². The van der Waals surface area contributed by atoms with Gasteiger partial charge in [-0.15, -0.1) is 0 Å². The minimum Gasteiger partial charge on any atom is -0.443 e. The zero-order valence-electron chi connectivity index (χ0n) is 8.59. The molecule has 0 saturated carbocycles. The quantitative estimate of drug-likeness (QED) is 0.453. The summed E-state index contributed by atoms with van der Waals surface area (Å²) in [6.07, 6.45) is 1.27. The van der Waals surface area contributed by atoms with Gasteiger partial charge >= 0.3 is 0 Å². The largest absolute Gasteiger partial charge is 0.443 e. The van der Waals surface area contributed by atoms with Gasteiger partial charge in [-0.1, -0.05) is 30.2 Å². The molecule has 7 heteroatoms. The van der Waals surface area contributed by atoms with E-state index in [2.05, 4.69) is 10.3 Å². The summed E-state index contributed by atoms with van der Waals surface area (Å²) in [6, 6.07) is 4.23. The molecule has 0 aliphatic rings. The van der Waals surface area contributed by atoms with Gasteiger partial charge in [0, 0.05) is 5.69 Å². The Morgan fingerprint density at radius 1 is 0.778 bits per heavy atom. The van der Waals surface area contributed by atoms with Crippen molar-refractivity contribution in [2.75, 3.05) is 0 Å². The van der Waals surface area contributed by atoms with Gasteiger partial charge in [-0.25, -0.2) is 22.0 Å².